The van der Waals surface area contributed by atoms with Crippen LogP contribution in [0.15, 0.2) is 35.3 Å². The summed E-state index contributed by atoms with van der Waals surface area (Å²) in [5, 5.41) is 14.0. The number of benzene rings is 1. The number of para-hydroxylation sites is 1. The van der Waals surface area contributed by atoms with Gasteiger partial charge >= 0.3 is 5.69 Å². The van der Waals surface area contributed by atoms with Gasteiger partial charge in [0, 0.05) is 18.4 Å². The molecule has 21 heavy (non-hydrogen) atoms. The van der Waals surface area contributed by atoms with E-state index in [1.54, 1.807) is 10.9 Å². The van der Waals surface area contributed by atoms with E-state index in [1.807, 2.05) is 24.3 Å². The lowest BCUT2D eigenvalue weighted by Crippen LogP contribution is -2.29. The molecule has 0 unspecified atom stereocenters. The summed E-state index contributed by atoms with van der Waals surface area (Å²) in [5.41, 5.74) is 0.573. The Morgan fingerprint density at radius 2 is 2.19 bits per heavy atom. The van der Waals surface area contributed by atoms with Crippen LogP contribution < -0.4 is 11.0 Å². The van der Waals surface area contributed by atoms with Gasteiger partial charge in [-0.05, 0) is 6.07 Å². The number of hydrogen-bond acceptors (Lipinski definition) is 4. The second-order valence-electron chi connectivity index (χ2n) is 4.59. The summed E-state index contributed by atoms with van der Waals surface area (Å²) in [6.07, 6.45) is 2.20. The molecule has 3 N–H and O–H groups in total. The fourth-order valence-electron chi connectivity index (χ4n) is 2.09. The van der Waals surface area contributed by atoms with Gasteiger partial charge in [-0.25, -0.2) is 9.89 Å². The van der Waals surface area contributed by atoms with Crippen LogP contribution in [0.3, 0.4) is 0 Å². The Bertz CT molecular complexity index is 815. The minimum absolute atomic E-state index is 0.137. The molecule has 3 aromatic rings. The highest BCUT2D eigenvalue weighted by molar-refractivity contribution is 5.81. The van der Waals surface area contributed by atoms with Gasteiger partial charge in [0.15, 0.2) is 0 Å². The molecule has 0 atom stereocenters. The summed E-state index contributed by atoms with van der Waals surface area (Å²) in [6.45, 7) is 0.559. The Hall–Kier alpha value is -2.90. The third-order valence-electron chi connectivity index (χ3n) is 3.08. The zero-order valence-electron chi connectivity index (χ0n) is 11.2. The molecule has 0 aliphatic carbocycles. The van der Waals surface area contributed by atoms with Crippen molar-refractivity contribution in [3.63, 3.8) is 0 Å². The number of carbonyl (C=O) groups is 1. The zero-order valence-corrected chi connectivity index (χ0v) is 11.2. The number of hydrogen-bond donors (Lipinski definition) is 3. The average Bonchev–Trinajstić information content (AvgIpc) is 3.06. The van der Waals surface area contributed by atoms with Crippen molar-refractivity contribution < 1.29 is 4.79 Å². The van der Waals surface area contributed by atoms with E-state index in [9.17, 15) is 9.59 Å². The molecule has 8 nitrogen and oxygen atoms in total. The van der Waals surface area contributed by atoms with Crippen LogP contribution in [0.4, 0.5) is 0 Å². The maximum absolute atomic E-state index is 11.9. The minimum atomic E-state index is -0.348. The third kappa shape index (κ3) is 2.99. The number of nitrogens with one attached hydrogen (secondary N) is 3. The predicted molar refractivity (Wildman–Crippen MR) is 75.7 cm³/mol. The third-order valence-corrected chi connectivity index (χ3v) is 3.08. The molecule has 0 radical (unpaired) electrons. The molecule has 0 aliphatic rings. The number of H-pyrrole nitrogens is 2. The number of nitrogens with zero attached hydrogens (tertiary/aromatic N) is 3. The molecule has 2 heterocycles. The fourth-order valence-corrected chi connectivity index (χ4v) is 2.09. The molecule has 1 amide bonds. The van der Waals surface area contributed by atoms with Crippen molar-refractivity contribution in [1.82, 2.24) is 30.3 Å². The molecule has 108 valence electrons. The molecule has 8 heteroatoms. The SMILES string of the molecule is O=C(Cn1ncc2ccccc21)NCCc1n[nH]c(=O)[nH]1. The molecule has 0 spiro atoms. The van der Waals surface area contributed by atoms with Crippen LogP contribution in [0, 0.1) is 0 Å². The Morgan fingerprint density at radius 1 is 1.33 bits per heavy atom. The van der Waals surface area contributed by atoms with Crippen LogP contribution in [-0.4, -0.2) is 37.4 Å². The summed E-state index contributed by atoms with van der Waals surface area (Å²) in [7, 11) is 0. The molecule has 0 bridgehead atoms. The van der Waals surface area contributed by atoms with Gasteiger partial charge in [-0.15, -0.1) is 0 Å². The van der Waals surface area contributed by atoms with E-state index in [-0.39, 0.29) is 18.1 Å². The fraction of sp³-hybridized carbons (Fsp3) is 0.231. The van der Waals surface area contributed by atoms with Crippen molar-refractivity contribution >= 4 is 16.8 Å². The molecule has 3 rings (SSSR count). The van der Waals surface area contributed by atoms with Crippen LogP contribution in [0.1, 0.15) is 5.82 Å². The number of carbonyl (C=O) groups excluding carboxylic acids is 1. The van der Waals surface area contributed by atoms with Crippen LogP contribution >= 0.6 is 0 Å². The Kier molecular flexibility index (Phi) is 3.50. The van der Waals surface area contributed by atoms with Crippen LogP contribution in [0.2, 0.25) is 0 Å². The number of fused-ring (bicyclic) bond motifs is 1. The normalized spacial score (nSPS) is 10.9. The van der Waals surface area contributed by atoms with Gasteiger partial charge in [-0.3, -0.25) is 14.5 Å². The van der Waals surface area contributed by atoms with E-state index < -0.39 is 0 Å². The zero-order chi connectivity index (χ0) is 14.7. The number of aromatic nitrogens is 5. The van der Waals surface area contributed by atoms with Gasteiger partial charge in [0.25, 0.3) is 0 Å². The Balaban J connectivity index is 1.55. The molecular formula is C13H14N6O2. The molecule has 0 aliphatic heterocycles. The quantitative estimate of drug-likeness (QED) is 0.604. The van der Waals surface area contributed by atoms with Crippen LogP contribution in [0.5, 0.6) is 0 Å². The highest BCUT2D eigenvalue weighted by Gasteiger charge is 2.07. The lowest BCUT2D eigenvalue weighted by Gasteiger charge is -2.05. The molecular weight excluding hydrogens is 272 g/mol. The maximum atomic E-state index is 11.9. The first kappa shape index (κ1) is 13.1. The average molecular weight is 286 g/mol. The van der Waals surface area contributed by atoms with Crippen molar-refractivity contribution in [1.29, 1.82) is 0 Å². The summed E-state index contributed by atoms with van der Waals surface area (Å²) < 4.78 is 1.65. The van der Waals surface area contributed by atoms with Gasteiger partial charge in [0.05, 0.1) is 11.7 Å². The summed E-state index contributed by atoms with van der Waals surface area (Å²) in [5.74, 6) is 0.381. The van der Waals surface area contributed by atoms with E-state index in [0.29, 0.717) is 18.8 Å². The van der Waals surface area contributed by atoms with Gasteiger partial charge in [-0.1, -0.05) is 18.2 Å². The first-order valence-electron chi connectivity index (χ1n) is 6.53. The number of rotatable bonds is 5. The summed E-state index contributed by atoms with van der Waals surface area (Å²) in [6, 6.07) is 7.71. The molecule has 2 aromatic heterocycles. The van der Waals surface area contributed by atoms with Crippen molar-refractivity contribution in [2.75, 3.05) is 6.54 Å². The second-order valence-corrected chi connectivity index (χ2v) is 4.59. The topological polar surface area (TPSA) is 108 Å². The molecule has 0 saturated heterocycles. The summed E-state index contributed by atoms with van der Waals surface area (Å²) >= 11 is 0. The Morgan fingerprint density at radius 3 is 3.00 bits per heavy atom. The second kappa shape index (κ2) is 5.61. The van der Waals surface area contributed by atoms with Gasteiger partial charge in [0.2, 0.25) is 5.91 Å². The molecule has 1 aromatic carbocycles. The predicted octanol–water partition coefficient (Wildman–Crippen LogP) is -0.193. The minimum Gasteiger partial charge on any atom is -0.354 e. The van der Waals surface area contributed by atoms with E-state index >= 15 is 0 Å². The smallest absolute Gasteiger partial charge is 0.340 e. The monoisotopic (exact) mass is 286 g/mol. The molecule has 0 fully saturated rings. The van der Waals surface area contributed by atoms with Gasteiger partial charge < -0.3 is 5.32 Å². The van der Waals surface area contributed by atoms with Crippen molar-refractivity contribution in [2.24, 2.45) is 0 Å². The van der Waals surface area contributed by atoms with Crippen LogP contribution in [-0.2, 0) is 17.8 Å². The largest absolute Gasteiger partial charge is 0.354 e. The van der Waals surface area contributed by atoms with E-state index in [1.165, 1.54) is 0 Å². The standard InChI is InChI=1S/C13H14N6O2/c20-12(14-6-5-11-16-13(21)18-17-11)8-19-10-4-2-1-3-9(10)7-15-19/h1-4,7H,5-6,8H2,(H,14,20)(H2,16,17,18,21). The maximum Gasteiger partial charge on any atom is 0.340 e. The number of aromatic amines is 2. The van der Waals surface area contributed by atoms with Gasteiger partial charge in [0.1, 0.15) is 12.4 Å². The lowest BCUT2D eigenvalue weighted by molar-refractivity contribution is -0.121. The van der Waals surface area contributed by atoms with Crippen molar-refractivity contribution in [3.8, 4) is 0 Å². The van der Waals surface area contributed by atoms with Crippen molar-refractivity contribution in [2.45, 2.75) is 13.0 Å². The lowest BCUT2D eigenvalue weighted by atomic mass is 10.2. The first-order valence-corrected chi connectivity index (χ1v) is 6.53. The highest BCUT2D eigenvalue weighted by Crippen LogP contribution is 2.11. The van der Waals surface area contributed by atoms with E-state index in [0.717, 1.165) is 10.9 Å². The highest BCUT2D eigenvalue weighted by atomic mass is 16.2. The van der Waals surface area contributed by atoms with Crippen LogP contribution in [0.25, 0.3) is 10.9 Å². The summed E-state index contributed by atoms with van der Waals surface area (Å²) in [4.78, 5) is 25.3. The van der Waals surface area contributed by atoms with Crippen molar-refractivity contribution in [3.05, 3.63) is 46.8 Å². The first-order chi connectivity index (χ1) is 10.2. The van der Waals surface area contributed by atoms with E-state index in [4.69, 9.17) is 0 Å². The van der Waals surface area contributed by atoms with Gasteiger partial charge in [-0.2, -0.15) is 10.2 Å². The Labute approximate surface area is 119 Å². The van der Waals surface area contributed by atoms with E-state index in [2.05, 4.69) is 25.6 Å². The molecule has 0 saturated carbocycles. The number of amides is 1.